The quantitative estimate of drug-likeness (QED) is 0.781. The van der Waals surface area contributed by atoms with Crippen LogP contribution in [0.3, 0.4) is 0 Å². The summed E-state index contributed by atoms with van der Waals surface area (Å²) < 4.78 is 10.5. The molecule has 0 bridgehead atoms. The van der Waals surface area contributed by atoms with Crippen molar-refractivity contribution >= 4 is 11.9 Å². The molecule has 1 aromatic carbocycles. The molecule has 0 aromatic heterocycles. The number of benzene rings is 1. The van der Waals surface area contributed by atoms with Crippen molar-refractivity contribution < 1.29 is 24.2 Å². The Labute approximate surface area is 142 Å². The second-order valence-corrected chi connectivity index (χ2v) is 5.92. The molecule has 1 aliphatic heterocycles. The number of aryl methyl sites for hydroxylation is 1. The molecule has 2 atom stereocenters. The monoisotopic (exact) mass is 335 g/mol. The number of aliphatic carboxylic acids is 1. The number of carboxylic acid groups (broad SMARTS) is 1. The van der Waals surface area contributed by atoms with Gasteiger partial charge in [0.05, 0.1) is 19.1 Å². The van der Waals surface area contributed by atoms with Crippen LogP contribution in [0.15, 0.2) is 30.3 Å². The van der Waals surface area contributed by atoms with Gasteiger partial charge in [0, 0.05) is 20.2 Å². The highest BCUT2D eigenvalue weighted by Gasteiger charge is 2.36. The van der Waals surface area contributed by atoms with Crippen LogP contribution in [0.2, 0.25) is 0 Å². The van der Waals surface area contributed by atoms with Gasteiger partial charge < -0.3 is 19.5 Å². The fourth-order valence-electron chi connectivity index (χ4n) is 2.98. The molecule has 132 valence electrons. The Morgan fingerprint density at radius 1 is 1.25 bits per heavy atom. The summed E-state index contributed by atoms with van der Waals surface area (Å²) in [5.74, 6) is -2.08. The van der Waals surface area contributed by atoms with E-state index in [-0.39, 0.29) is 5.91 Å². The van der Waals surface area contributed by atoms with Crippen molar-refractivity contribution in [3.05, 3.63) is 35.9 Å². The highest BCUT2D eigenvalue weighted by atomic mass is 16.5. The average Bonchev–Trinajstić information content (AvgIpc) is 2.62. The molecule has 1 aromatic rings. The van der Waals surface area contributed by atoms with E-state index in [1.165, 1.54) is 7.11 Å². The van der Waals surface area contributed by atoms with E-state index in [0.29, 0.717) is 39.1 Å². The van der Waals surface area contributed by atoms with Crippen LogP contribution in [0, 0.1) is 5.92 Å². The van der Waals surface area contributed by atoms with Gasteiger partial charge in [-0.15, -0.1) is 0 Å². The number of carbonyl (C=O) groups is 2. The minimum Gasteiger partial charge on any atom is -0.481 e. The Kier molecular flexibility index (Phi) is 7.21. The van der Waals surface area contributed by atoms with Crippen LogP contribution in [0.4, 0.5) is 0 Å². The molecule has 0 aliphatic carbocycles. The summed E-state index contributed by atoms with van der Waals surface area (Å²) >= 11 is 0. The summed E-state index contributed by atoms with van der Waals surface area (Å²) in [6.07, 6.45) is 0.930. The van der Waals surface area contributed by atoms with Gasteiger partial charge in [-0.3, -0.25) is 9.59 Å². The molecule has 6 heteroatoms. The lowest BCUT2D eigenvalue weighted by Gasteiger charge is -2.31. The minimum atomic E-state index is -0.989. The Balaban J connectivity index is 1.95. The van der Waals surface area contributed by atoms with Crippen LogP contribution < -0.4 is 0 Å². The maximum absolute atomic E-state index is 12.6. The molecular weight excluding hydrogens is 310 g/mol. The Bertz CT molecular complexity index is 527. The second-order valence-electron chi connectivity index (χ2n) is 5.92. The van der Waals surface area contributed by atoms with Crippen LogP contribution in [-0.2, 0) is 25.5 Å². The first-order chi connectivity index (χ1) is 11.6. The highest BCUT2D eigenvalue weighted by molar-refractivity contribution is 5.86. The molecular formula is C18H25NO5. The van der Waals surface area contributed by atoms with E-state index in [0.717, 1.165) is 12.0 Å². The largest absolute Gasteiger partial charge is 0.481 e. The van der Waals surface area contributed by atoms with Gasteiger partial charge in [-0.1, -0.05) is 30.3 Å². The number of carbonyl (C=O) groups excluding carboxylic acids is 1. The number of nitrogens with zero attached hydrogens (tertiary/aromatic N) is 1. The van der Waals surface area contributed by atoms with Gasteiger partial charge in [-0.05, 0) is 24.8 Å². The van der Waals surface area contributed by atoms with Crippen LogP contribution in [0.25, 0.3) is 0 Å². The summed E-state index contributed by atoms with van der Waals surface area (Å²) in [6, 6.07) is 9.91. The Morgan fingerprint density at radius 2 is 1.92 bits per heavy atom. The number of hydrogen-bond donors (Lipinski definition) is 1. The topological polar surface area (TPSA) is 76.1 Å². The predicted molar refractivity (Wildman–Crippen MR) is 88.7 cm³/mol. The standard InChI is InChI=1S/C18H25NO5/c1-23-16(17(20)19-10-12-24-13-11-19)15(18(21)22)9-5-8-14-6-3-2-4-7-14/h2-4,6-7,15-16H,5,8-13H2,1H3,(H,21,22)/t15?,16-/m0/s1. The van der Waals surface area contributed by atoms with Crippen molar-refractivity contribution in [2.75, 3.05) is 33.4 Å². The zero-order valence-corrected chi connectivity index (χ0v) is 14.0. The second kappa shape index (κ2) is 9.39. The highest BCUT2D eigenvalue weighted by Crippen LogP contribution is 2.19. The molecule has 0 radical (unpaired) electrons. The Morgan fingerprint density at radius 3 is 2.50 bits per heavy atom. The van der Waals surface area contributed by atoms with E-state index in [1.807, 2.05) is 30.3 Å². The third kappa shape index (κ3) is 5.04. The van der Waals surface area contributed by atoms with E-state index in [1.54, 1.807) is 4.90 Å². The van der Waals surface area contributed by atoms with E-state index in [9.17, 15) is 14.7 Å². The van der Waals surface area contributed by atoms with Gasteiger partial charge in [-0.2, -0.15) is 0 Å². The fourth-order valence-corrected chi connectivity index (χ4v) is 2.98. The van der Waals surface area contributed by atoms with Crippen LogP contribution in [0.5, 0.6) is 0 Å². The number of hydrogen-bond acceptors (Lipinski definition) is 4. The summed E-state index contributed by atoms with van der Waals surface area (Å²) in [6.45, 7) is 1.92. The number of morpholine rings is 1. The van der Waals surface area contributed by atoms with Crippen molar-refractivity contribution in [2.24, 2.45) is 5.92 Å². The lowest BCUT2D eigenvalue weighted by Crippen LogP contribution is -2.49. The van der Waals surface area contributed by atoms with Gasteiger partial charge in [-0.25, -0.2) is 0 Å². The van der Waals surface area contributed by atoms with Gasteiger partial charge in [0.2, 0.25) is 0 Å². The summed E-state index contributed by atoms with van der Waals surface area (Å²) in [7, 11) is 1.40. The number of rotatable bonds is 8. The summed E-state index contributed by atoms with van der Waals surface area (Å²) in [5, 5.41) is 9.54. The van der Waals surface area contributed by atoms with Crippen molar-refractivity contribution in [2.45, 2.75) is 25.4 Å². The summed E-state index contributed by atoms with van der Waals surface area (Å²) in [5.41, 5.74) is 1.16. The van der Waals surface area contributed by atoms with Gasteiger partial charge in [0.1, 0.15) is 6.10 Å². The molecule has 1 amide bonds. The molecule has 24 heavy (non-hydrogen) atoms. The molecule has 1 N–H and O–H groups in total. The number of methoxy groups -OCH3 is 1. The smallest absolute Gasteiger partial charge is 0.309 e. The fraction of sp³-hybridized carbons (Fsp3) is 0.556. The van der Waals surface area contributed by atoms with Gasteiger partial charge >= 0.3 is 5.97 Å². The van der Waals surface area contributed by atoms with Crippen molar-refractivity contribution in [3.63, 3.8) is 0 Å². The van der Waals surface area contributed by atoms with E-state index in [4.69, 9.17) is 9.47 Å². The average molecular weight is 335 g/mol. The Hall–Kier alpha value is -1.92. The van der Waals surface area contributed by atoms with E-state index >= 15 is 0 Å². The van der Waals surface area contributed by atoms with E-state index in [2.05, 4.69) is 0 Å². The molecule has 1 saturated heterocycles. The van der Waals surface area contributed by atoms with Crippen molar-refractivity contribution in [1.29, 1.82) is 0 Å². The predicted octanol–water partition coefficient (Wildman–Crippen LogP) is 1.58. The molecule has 0 saturated carbocycles. The van der Waals surface area contributed by atoms with E-state index < -0.39 is 18.0 Å². The molecule has 2 rings (SSSR count). The number of carboxylic acids is 1. The third-order valence-corrected chi connectivity index (χ3v) is 4.33. The molecule has 1 aliphatic rings. The molecule has 6 nitrogen and oxygen atoms in total. The molecule has 0 spiro atoms. The van der Waals surface area contributed by atoms with Crippen molar-refractivity contribution in [3.8, 4) is 0 Å². The normalized spacial score (nSPS) is 17.3. The van der Waals surface area contributed by atoms with Gasteiger partial charge in [0.15, 0.2) is 0 Å². The molecule has 1 unspecified atom stereocenters. The first-order valence-corrected chi connectivity index (χ1v) is 8.29. The first-order valence-electron chi connectivity index (χ1n) is 8.29. The minimum absolute atomic E-state index is 0.257. The maximum Gasteiger partial charge on any atom is 0.309 e. The number of amides is 1. The SMILES string of the molecule is CO[C@H](C(=O)N1CCOCC1)C(CCCc1ccccc1)C(=O)O. The summed E-state index contributed by atoms with van der Waals surface area (Å²) in [4.78, 5) is 25.9. The first kappa shape index (κ1) is 18.4. The van der Waals surface area contributed by atoms with Crippen LogP contribution in [-0.4, -0.2) is 61.4 Å². The van der Waals surface area contributed by atoms with Crippen molar-refractivity contribution in [1.82, 2.24) is 4.90 Å². The molecule has 1 fully saturated rings. The maximum atomic E-state index is 12.6. The van der Waals surface area contributed by atoms with Crippen LogP contribution >= 0.6 is 0 Å². The molecule has 1 heterocycles. The number of ether oxygens (including phenoxy) is 2. The third-order valence-electron chi connectivity index (χ3n) is 4.33. The van der Waals surface area contributed by atoms with Gasteiger partial charge in [0.25, 0.3) is 5.91 Å². The van der Waals surface area contributed by atoms with Crippen LogP contribution in [0.1, 0.15) is 18.4 Å². The lowest BCUT2D eigenvalue weighted by molar-refractivity contribution is -0.160. The zero-order chi connectivity index (χ0) is 17.4. The zero-order valence-electron chi connectivity index (χ0n) is 14.0. The lowest BCUT2D eigenvalue weighted by atomic mass is 9.93.